The summed E-state index contributed by atoms with van der Waals surface area (Å²) in [5, 5.41) is 0. The number of hydrogen-bond donors (Lipinski definition) is 1. The van der Waals surface area contributed by atoms with Gasteiger partial charge in [-0.25, -0.2) is 8.42 Å². The lowest BCUT2D eigenvalue weighted by Crippen LogP contribution is -2.12. The predicted octanol–water partition coefficient (Wildman–Crippen LogP) is 1.36. The van der Waals surface area contributed by atoms with Gasteiger partial charge in [-0.2, -0.15) is 0 Å². The van der Waals surface area contributed by atoms with Crippen LogP contribution in [0.4, 0.5) is 0 Å². The standard InChI is InChI=1S/C13H21NO4S/c1-3-19(15,16)6-4-5-18-13-8-11(10-14)7-12(9-13)17-2/h7-9H,3-6,10,14H2,1-2H3. The van der Waals surface area contributed by atoms with Crippen molar-refractivity contribution in [3.63, 3.8) is 0 Å². The summed E-state index contributed by atoms with van der Waals surface area (Å²) in [5.41, 5.74) is 6.49. The number of methoxy groups -OCH3 is 1. The molecule has 0 aliphatic heterocycles. The first kappa shape index (κ1) is 15.8. The highest BCUT2D eigenvalue weighted by Gasteiger charge is 2.07. The Bertz CT molecular complexity index is 477. The molecule has 0 aliphatic rings. The van der Waals surface area contributed by atoms with E-state index >= 15 is 0 Å². The highest BCUT2D eigenvalue weighted by Crippen LogP contribution is 2.22. The van der Waals surface area contributed by atoms with Crippen molar-refractivity contribution in [1.82, 2.24) is 0 Å². The maximum absolute atomic E-state index is 11.3. The van der Waals surface area contributed by atoms with Crippen LogP contribution < -0.4 is 15.2 Å². The summed E-state index contributed by atoms with van der Waals surface area (Å²) >= 11 is 0. The molecule has 0 radical (unpaired) electrons. The first-order chi connectivity index (χ1) is 9.00. The molecule has 19 heavy (non-hydrogen) atoms. The molecule has 0 spiro atoms. The van der Waals surface area contributed by atoms with E-state index in [0.717, 1.165) is 5.56 Å². The lowest BCUT2D eigenvalue weighted by atomic mass is 10.2. The van der Waals surface area contributed by atoms with Crippen LogP contribution in [0.1, 0.15) is 18.9 Å². The quantitative estimate of drug-likeness (QED) is 0.730. The van der Waals surface area contributed by atoms with E-state index < -0.39 is 9.84 Å². The Morgan fingerprint density at radius 2 is 1.89 bits per heavy atom. The van der Waals surface area contributed by atoms with Gasteiger partial charge in [-0.15, -0.1) is 0 Å². The molecule has 0 aromatic heterocycles. The zero-order valence-electron chi connectivity index (χ0n) is 11.4. The fourth-order valence-electron chi connectivity index (χ4n) is 1.56. The third-order valence-corrected chi connectivity index (χ3v) is 4.51. The highest BCUT2D eigenvalue weighted by atomic mass is 32.2. The summed E-state index contributed by atoms with van der Waals surface area (Å²) in [5.74, 6) is 1.65. The Kier molecular flexibility index (Phi) is 6.11. The third kappa shape index (κ3) is 5.48. The van der Waals surface area contributed by atoms with Crippen LogP contribution in [0.15, 0.2) is 18.2 Å². The second-order valence-electron chi connectivity index (χ2n) is 4.16. The van der Waals surface area contributed by atoms with Crippen LogP contribution in [0.2, 0.25) is 0 Å². The van der Waals surface area contributed by atoms with Crippen molar-refractivity contribution in [3.8, 4) is 11.5 Å². The van der Waals surface area contributed by atoms with Crippen LogP contribution in [0, 0.1) is 0 Å². The van der Waals surface area contributed by atoms with Crippen molar-refractivity contribution >= 4 is 9.84 Å². The van der Waals surface area contributed by atoms with Crippen LogP contribution >= 0.6 is 0 Å². The molecule has 2 N–H and O–H groups in total. The Morgan fingerprint density at radius 3 is 2.47 bits per heavy atom. The summed E-state index contributed by atoms with van der Waals surface area (Å²) in [6.07, 6.45) is 0.478. The normalized spacial score (nSPS) is 11.3. The summed E-state index contributed by atoms with van der Waals surface area (Å²) in [7, 11) is -1.35. The van der Waals surface area contributed by atoms with Crippen LogP contribution in [-0.4, -0.2) is 33.6 Å². The van der Waals surface area contributed by atoms with Crippen LogP contribution in [0.3, 0.4) is 0 Å². The number of rotatable bonds is 8. The zero-order valence-corrected chi connectivity index (χ0v) is 12.2. The van der Waals surface area contributed by atoms with Gasteiger partial charge >= 0.3 is 0 Å². The molecule has 1 aromatic rings. The fraction of sp³-hybridized carbons (Fsp3) is 0.538. The molecule has 0 heterocycles. The van der Waals surface area contributed by atoms with E-state index in [1.165, 1.54) is 0 Å². The smallest absolute Gasteiger partial charge is 0.150 e. The summed E-state index contributed by atoms with van der Waals surface area (Å²) < 4.78 is 33.3. The van der Waals surface area contributed by atoms with Gasteiger partial charge in [0.05, 0.1) is 19.5 Å². The van der Waals surface area contributed by atoms with E-state index in [-0.39, 0.29) is 11.5 Å². The molecule has 5 nitrogen and oxygen atoms in total. The van der Waals surface area contributed by atoms with E-state index in [1.54, 1.807) is 20.1 Å². The van der Waals surface area contributed by atoms with Crippen molar-refractivity contribution in [3.05, 3.63) is 23.8 Å². The van der Waals surface area contributed by atoms with E-state index in [4.69, 9.17) is 15.2 Å². The van der Waals surface area contributed by atoms with Crippen LogP contribution in [-0.2, 0) is 16.4 Å². The number of nitrogens with two attached hydrogens (primary N) is 1. The Hall–Kier alpha value is -1.27. The van der Waals surface area contributed by atoms with Gasteiger partial charge in [0.25, 0.3) is 0 Å². The Balaban J connectivity index is 2.53. The average Bonchev–Trinajstić information content (AvgIpc) is 2.43. The molecule has 0 amide bonds. The predicted molar refractivity (Wildman–Crippen MR) is 75.3 cm³/mol. The third-order valence-electron chi connectivity index (χ3n) is 2.72. The Labute approximate surface area is 114 Å². The topological polar surface area (TPSA) is 78.6 Å². The van der Waals surface area contributed by atoms with Crippen LogP contribution in [0.25, 0.3) is 0 Å². The van der Waals surface area contributed by atoms with Crippen molar-refractivity contribution in [2.45, 2.75) is 19.9 Å². The first-order valence-electron chi connectivity index (χ1n) is 6.22. The monoisotopic (exact) mass is 287 g/mol. The molecule has 1 rings (SSSR count). The minimum absolute atomic E-state index is 0.150. The molecule has 108 valence electrons. The lowest BCUT2D eigenvalue weighted by Gasteiger charge is -2.10. The van der Waals surface area contributed by atoms with Gasteiger partial charge in [0, 0.05) is 18.4 Å². The van der Waals surface area contributed by atoms with Crippen molar-refractivity contribution in [1.29, 1.82) is 0 Å². The number of sulfone groups is 1. The molecule has 0 saturated heterocycles. The van der Waals surface area contributed by atoms with Gasteiger partial charge in [-0.3, -0.25) is 0 Å². The van der Waals surface area contributed by atoms with Gasteiger partial charge in [0.15, 0.2) is 0 Å². The van der Waals surface area contributed by atoms with E-state index in [1.807, 2.05) is 12.1 Å². The molecule has 1 aromatic carbocycles. The minimum Gasteiger partial charge on any atom is -0.497 e. The van der Waals surface area contributed by atoms with Crippen molar-refractivity contribution < 1.29 is 17.9 Å². The molecule has 0 atom stereocenters. The summed E-state index contributed by atoms with van der Waals surface area (Å²) in [6, 6.07) is 5.43. The second kappa shape index (κ2) is 7.35. The fourth-order valence-corrected chi connectivity index (χ4v) is 2.41. The molecule has 0 aliphatic carbocycles. The van der Waals surface area contributed by atoms with E-state index in [0.29, 0.717) is 31.1 Å². The molecular formula is C13H21NO4S. The Morgan fingerprint density at radius 1 is 1.21 bits per heavy atom. The number of ether oxygens (including phenoxy) is 2. The van der Waals surface area contributed by atoms with Gasteiger partial charge in [-0.1, -0.05) is 6.92 Å². The maximum Gasteiger partial charge on any atom is 0.150 e. The highest BCUT2D eigenvalue weighted by molar-refractivity contribution is 7.91. The lowest BCUT2D eigenvalue weighted by molar-refractivity contribution is 0.314. The van der Waals surface area contributed by atoms with Gasteiger partial charge < -0.3 is 15.2 Å². The summed E-state index contributed by atoms with van der Waals surface area (Å²) in [6.45, 7) is 2.40. The van der Waals surface area contributed by atoms with Gasteiger partial charge in [0.1, 0.15) is 21.3 Å². The largest absolute Gasteiger partial charge is 0.497 e. The molecule has 0 fully saturated rings. The zero-order chi connectivity index (χ0) is 14.3. The average molecular weight is 287 g/mol. The van der Waals surface area contributed by atoms with Crippen molar-refractivity contribution in [2.75, 3.05) is 25.2 Å². The molecule has 6 heteroatoms. The molecule has 0 unspecified atom stereocenters. The number of benzene rings is 1. The molecule has 0 saturated carbocycles. The number of hydrogen-bond acceptors (Lipinski definition) is 5. The summed E-state index contributed by atoms with van der Waals surface area (Å²) in [4.78, 5) is 0. The maximum atomic E-state index is 11.3. The second-order valence-corrected chi connectivity index (χ2v) is 6.63. The minimum atomic E-state index is -2.92. The molecular weight excluding hydrogens is 266 g/mol. The van der Waals surface area contributed by atoms with Crippen molar-refractivity contribution in [2.24, 2.45) is 5.73 Å². The first-order valence-corrected chi connectivity index (χ1v) is 8.04. The van der Waals surface area contributed by atoms with Gasteiger partial charge in [-0.05, 0) is 24.1 Å². The van der Waals surface area contributed by atoms with Crippen LogP contribution in [0.5, 0.6) is 11.5 Å². The van der Waals surface area contributed by atoms with E-state index in [2.05, 4.69) is 0 Å². The van der Waals surface area contributed by atoms with Gasteiger partial charge in [0.2, 0.25) is 0 Å². The SMILES string of the molecule is CCS(=O)(=O)CCCOc1cc(CN)cc(OC)c1. The molecule has 0 bridgehead atoms. The van der Waals surface area contributed by atoms with E-state index in [9.17, 15) is 8.42 Å².